The minimum Gasteiger partial charge on any atom is -0.507 e. The second-order valence-electron chi connectivity index (χ2n) is 6.73. The molecule has 0 bridgehead atoms. The molecule has 1 atom stereocenters. The zero-order valence-electron chi connectivity index (χ0n) is 16.2. The maximum Gasteiger partial charge on any atom is 0.295 e. The summed E-state index contributed by atoms with van der Waals surface area (Å²) in [4.78, 5) is 31.0. The number of carbonyl (C=O) groups is 2. The number of ether oxygens (including phenoxy) is 1. The van der Waals surface area contributed by atoms with E-state index in [9.17, 15) is 14.7 Å². The summed E-state index contributed by atoms with van der Waals surface area (Å²) in [6.07, 6.45) is 4.63. The van der Waals surface area contributed by atoms with Gasteiger partial charge in [-0.05, 0) is 36.2 Å². The van der Waals surface area contributed by atoms with Crippen LogP contribution in [-0.4, -0.2) is 51.5 Å². The molecule has 3 rings (SSSR count). The zero-order valence-corrected chi connectivity index (χ0v) is 16.2. The fourth-order valence-corrected chi connectivity index (χ4v) is 3.39. The SMILES string of the molecule is CCCCN1C(=O)C(=O)/C(=C(\O)c2ccncc2)C1c1cccc(OCCO)c1. The summed E-state index contributed by atoms with van der Waals surface area (Å²) in [5.41, 5.74) is 1.13. The fourth-order valence-electron chi connectivity index (χ4n) is 3.39. The predicted molar refractivity (Wildman–Crippen MR) is 107 cm³/mol. The lowest BCUT2D eigenvalue weighted by molar-refractivity contribution is -0.139. The van der Waals surface area contributed by atoms with Crippen LogP contribution in [0.2, 0.25) is 0 Å². The Morgan fingerprint density at radius 2 is 1.97 bits per heavy atom. The molecule has 0 spiro atoms. The number of aliphatic hydroxyl groups excluding tert-OH is 2. The molecule has 29 heavy (non-hydrogen) atoms. The maximum atomic E-state index is 12.8. The Morgan fingerprint density at radius 1 is 1.21 bits per heavy atom. The molecule has 1 aliphatic heterocycles. The minimum absolute atomic E-state index is 0.0524. The van der Waals surface area contributed by atoms with Gasteiger partial charge in [-0.3, -0.25) is 14.6 Å². The number of aliphatic hydroxyl groups is 2. The molecule has 1 aromatic heterocycles. The molecule has 7 heteroatoms. The van der Waals surface area contributed by atoms with Crippen molar-refractivity contribution in [1.29, 1.82) is 0 Å². The van der Waals surface area contributed by atoms with Crippen molar-refractivity contribution >= 4 is 17.4 Å². The number of hydrogen-bond acceptors (Lipinski definition) is 6. The first-order chi connectivity index (χ1) is 14.1. The topological polar surface area (TPSA) is 100.0 Å². The number of pyridine rings is 1. The van der Waals surface area contributed by atoms with Gasteiger partial charge in [0.15, 0.2) is 0 Å². The molecule has 1 amide bonds. The van der Waals surface area contributed by atoms with Crippen molar-refractivity contribution in [2.45, 2.75) is 25.8 Å². The fraction of sp³-hybridized carbons (Fsp3) is 0.318. The third-order valence-electron chi connectivity index (χ3n) is 4.78. The molecule has 152 valence electrons. The van der Waals surface area contributed by atoms with Crippen LogP contribution < -0.4 is 4.74 Å². The monoisotopic (exact) mass is 396 g/mol. The number of likely N-dealkylation sites (tertiary alicyclic amines) is 1. The van der Waals surface area contributed by atoms with Gasteiger partial charge in [0.2, 0.25) is 0 Å². The molecule has 0 radical (unpaired) electrons. The number of unbranched alkanes of at least 4 members (excludes halogenated alkanes) is 1. The number of aromatic nitrogens is 1. The Kier molecular flexibility index (Phi) is 6.61. The zero-order chi connectivity index (χ0) is 20.8. The van der Waals surface area contributed by atoms with Crippen LogP contribution in [0.5, 0.6) is 5.75 Å². The molecule has 1 fully saturated rings. The normalized spacial score (nSPS) is 18.3. The summed E-state index contributed by atoms with van der Waals surface area (Å²) in [5.74, 6) is -1.04. The molecule has 2 aromatic rings. The van der Waals surface area contributed by atoms with Crippen molar-refractivity contribution in [2.24, 2.45) is 0 Å². The molecule has 2 heterocycles. The van der Waals surface area contributed by atoms with E-state index in [0.717, 1.165) is 12.8 Å². The van der Waals surface area contributed by atoms with E-state index in [1.165, 1.54) is 17.3 Å². The maximum absolute atomic E-state index is 12.8. The number of hydrogen-bond donors (Lipinski definition) is 2. The lowest BCUT2D eigenvalue weighted by Gasteiger charge is -2.25. The summed E-state index contributed by atoms with van der Waals surface area (Å²) in [6.45, 7) is 2.42. The van der Waals surface area contributed by atoms with Crippen molar-refractivity contribution in [3.63, 3.8) is 0 Å². The first-order valence-electron chi connectivity index (χ1n) is 9.61. The van der Waals surface area contributed by atoms with E-state index in [1.54, 1.807) is 36.4 Å². The average molecular weight is 396 g/mol. The number of Topliss-reactive ketones (excluding diaryl/α,β-unsaturated/α-hetero) is 1. The number of rotatable bonds is 8. The summed E-state index contributed by atoms with van der Waals surface area (Å²) in [5, 5.41) is 19.9. The van der Waals surface area contributed by atoms with Crippen molar-refractivity contribution in [3.05, 3.63) is 65.5 Å². The second-order valence-corrected chi connectivity index (χ2v) is 6.73. The quantitative estimate of drug-likeness (QED) is 0.404. The first-order valence-corrected chi connectivity index (χ1v) is 9.61. The van der Waals surface area contributed by atoms with E-state index in [1.807, 2.05) is 6.92 Å². The molecule has 7 nitrogen and oxygen atoms in total. The molecule has 1 unspecified atom stereocenters. The highest BCUT2D eigenvalue weighted by atomic mass is 16.5. The van der Waals surface area contributed by atoms with E-state index in [-0.39, 0.29) is 24.5 Å². The highest BCUT2D eigenvalue weighted by Gasteiger charge is 2.45. The molecule has 0 aliphatic carbocycles. The number of ketones is 1. The highest BCUT2D eigenvalue weighted by Crippen LogP contribution is 2.40. The Labute approximate surface area is 169 Å². The average Bonchev–Trinajstić information content (AvgIpc) is 3.01. The van der Waals surface area contributed by atoms with Gasteiger partial charge in [0.1, 0.15) is 18.1 Å². The van der Waals surface area contributed by atoms with Crippen LogP contribution in [0.4, 0.5) is 0 Å². The second kappa shape index (κ2) is 9.34. The van der Waals surface area contributed by atoms with Crippen LogP contribution in [0, 0.1) is 0 Å². The van der Waals surface area contributed by atoms with E-state index in [2.05, 4.69) is 4.98 Å². The lowest BCUT2D eigenvalue weighted by atomic mass is 9.95. The predicted octanol–water partition coefficient (Wildman–Crippen LogP) is 2.67. The number of nitrogens with zero attached hydrogens (tertiary/aromatic N) is 2. The van der Waals surface area contributed by atoms with Crippen LogP contribution >= 0.6 is 0 Å². The third-order valence-corrected chi connectivity index (χ3v) is 4.78. The summed E-state index contributed by atoms with van der Waals surface area (Å²) in [6, 6.07) is 9.48. The van der Waals surface area contributed by atoms with Gasteiger partial charge in [-0.25, -0.2) is 0 Å². The van der Waals surface area contributed by atoms with Gasteiger partial charge in [-0.2, -0.15) is 0 Å². The summed E-state index contributed by atoms with van der Waals surface area (Å²) < 4.78 is 5.48. The first kappa shape index (κ1) is 20.5. The van der Waals surface area contributed by atoms with Gasteiger partial charge < -0.3 is 19.8 Å². The molecular formula is C22H24N2O5. The van der Waals surface area contributed by atoms with Gasteiger partial charge >= 0.3 is 0 Å². The molecule has 1 aliphatic rings. The van der Waals surface area contributed by atoms with Gasteiger partial charge in [0, 0.05) is 24.5 Å². The molecule has 2 N–H and O–H groups in total. The van der Waals surface area contributed by atoms with E-state index in [0.29, 0.717) is 23.4 Å². The van der Waals surface area contributed by atoms with Crippen LogP contribution in [0.1, 0.15) is 36.9 Å². The van der Waals surface area contributed by atoms with E-state index < -0.39 is 17.7 Å². The van der Waals surface area contributed by atoms with Crippen LogP contribution in [0.15, 0.2) is 54.4 Å². The van der Waals surface area contributed by atoms with Crippen molar-refractivity contribution in [2.75, 3.05) is 19.8 Å². The van der Waals surface area contributed by atoms with Gasteiger partial charge in [0.05, 0.1) is 18.2 Å². The van der Waals surface area contributed by atoms with E-state index in [4.69, 9.17) is 9.84 Å². The van der Waals surface area contributed by atoms with Crippen molar-refractivity contribution in [1.82, 2.24) is 9.88 Å². The highest BCUT2D eigenvalue weighted by molar-refractivity contribution is 6.46. The van der Waals surface area contributed by atoms with Crippen LogP contribution in [-0.2, 0) is 9.59 Å². The van der Waals surface area contributed by atoms with Crippen LogP contribution in [0.25, 0.3) is 5.76 Å². The minimum atomic E-state index is -0.715. The molecule has 0 saturated carbocycles. The summed E-state index contributed by atoms with van der Waals surface area (Å²) >= 11 is 0. The largest absolute Gasteiger partial charge is 0.507 e. The number of carbonyl (C=O) groups excluding carboxylic acids is 2. The molecule has 1 saturated heterocycles. The number of benzene rings is 1. The summed E-state index contributed by atoms with van der Waals surface area (Å²) in [7, 11) is 0. The van der Waals surface area contributed by atoms with Gasteiger partial charge in [0.25, 0.3) is 11.7 Å². The smallest absolute Gasteiger partial charge is 0.295 e. The standard InChI is InChI=1S/C22H24N2O5/c1-2-3-11-24-19(16-5-4-6-17(14-16)29-13-12-25)18(21(27)22(24)28)20(26)15-7-9-23-10-8-15/h4-10,14,19,25-26H,2-3,11-13H2,1H3/b20-18-. The van der Waals surface area contributed by atoms with Crippen LogP contribution in [0.3, 0.4) is 0 Å². The Hall–Kier alpha value is -3.19. The number of amides is 1. The third kappa shape index (κ3) is 4.30. The van der Waals surface area contributed by atoms with Gasteiger partial charge in [-0.1, -0.05) is 25.5 Å². The Balaban J connectivity index is 2.11. The Morgan fingerprint density at radius 3 is 2.66 bits per heavy atom. The Bertz CT molecular complexity index is 910. The molecule has 1 aromatic carbocycles. The van der Waals surface area contributed by atoms with Gasteiger partial charge in [-0.15, -0.1) is 0 Å². The molecular weight excluding hydrogens is 372 g/mol. The van der Waals surface area contributed by atoms with Crippen molar-refractivity contribution in [3.8, 4) is 5.75 Å². The lowest BCUT2D eigenvalue weighted by Crippen LogP contribution is -2.30. The van der Waals surface area contributed by atoms with Crippen molar-refractivity contribution < 1.29 is 24.5 Å². The van der Waals surface area contributed by atoms with E-state index >= 15 is 0 Å².